The van der Waals surface area contributed by atoms with Crippen molar-refractivity contribution in [1.82, 2.24) is 10.2 Å². The van der Waals surface area contributed by atoms with Crippen molar-refractivity contribution in [3.05, 3.63) is 70.2 Å². The van der Waals surface area contributed by atoms with Gasteiger partial charge in [0.05, 0.1) is 39.0 Å². The molecule has 0 aromatic heterocycles. The third-order valence-electron chi connectivity index (χ3n) is 7.40. The number of rotatable bonds is 15. The fourth-order valence-electron chi connectivity index (χ4n) is 4.49. The molecule has 3 rings (SSSR count). The Morgan fingerprint density at radius 2 is 1.50 bits per heavy atom. The lowest BCUT2D eigenvalue weighted by molar-refractivity contribution is -0.139. The second-order valence-electron chi connectivity index (χ2n) is 10.3. The summed E-state index contributed by atoms with van der Waals surface area (Å²) in [5, 5.41) is 3.57. The van der Waals surface area contributed by atoms with Crippen LogP contribution >= 0.6 is 23.2 Å². The van der Waals surface area contributed by atoms with Gasteiger partial charge in [0.1, 0.15) is 24.1 Å². The molecule has 11 nitrogen and oxygen atoms in total. The average Bonchev–Trinajstić information content (AvgIpc) is 3.05. The molecule has 14 heteroatoms. The maximum atomic E-state index is 14.4. The summed E-state index contributed by atoms with van der Waals surface area (Å²) < 4.78 is 51.3. The Labute approximate surface area is 280 Å². The molecule has 0 heterocycles. The number of hydrogen-bond donors (Lipinski definition) is 1. The van der Waals surface area contributed by atoms with Crippen LogP contribution in [0.3, 0.4) is 0 Å². The minimum atomic E-state index is -4.48. The summed E-state index contributed by atoms with van der Waals surface area (Å²) in [5.41, 5.74) is 0.544. The van der Waals surface area contributed by atoms with E-state index in [2.05, 4.69) is 5.32 Å². The van der Waals surface area contributed by atoms with E-state index >= 15 is 0 Å². The number of nitrogens with one attached hydrogen (secondary N) is 1. The Kier molecular flexibility index (Phi) is 12.8. The number of carbonyl (C=O) groups excluding carboxylic acids is 2. The van der Waals surface area contributed by atoms with Crippen molar-refractivity contribution < 1.29 is 37.0 Å². The number of ether oxygens (including phenoxy) is 4. The number of amides is 2. The van der Waals surface area contributed by atoms with E-state index in [0.717, 1.165) is 4.31 Å². The van der Waals surface area contributed by atoms with Crippen LogP contribution in [-0.2, 0) is 26.2 Å². The van der Waals surface area contributed by atoms with Crippen LogP contribution in [0.1, 0.15) is 32.8 Å². The molecule has 3 aromatic rings. The Morgan fingerprint density at radius 1 is 0.848 bits per heavy atom. The van der Waals surface area contributed by atoms with Gasteiger partial charge in [0.15, 0.2) is 11.5 Å². The van der Waals surface area contributed by atoms with Crippen molar-refractivity contribution >= 4 is 50.7 Å². The average molecular weight is 697 g/mol. The van der Waals surface area contributed by atoms with Crippen LogP contribution in [0.15, 0.2) is 59.5 Å². The molecule has 46 heavy (non-hydrogen) atoms. The lowest BCUT2D eigenvalue weighted by Crippen LogP contribution is -2.52. The number of anilines is 1. The molecular formula is C32H39Cl2N3O8S. The first-order chi connectivity index (χ1) is 21.8. The molecule has 3 aromatic carbocycles. The maximum Gasteiger partial charge on any atom is 0.265 e. The molecule has 0 saturated carbocycles. The van der Waals surface area contributed by atoms with Crippen molar-refractivity contribution in [2.75, 3.05) is 39.3 Å². The molecule has 1 N–H and O–H groups in total. The van der Waals surface area contributed by atoms with E-state index in [4.69, 9.17) is 42.1 Å². The standard InChI is InChI=1S/C32H39Cl2N3O8S/c1-8-20(2)35-32(39)21(3)36(18-22-9-10-23(33)15-26(22)34)31(38)19-37(27-16-24(42-4)11-13-28(27)43-5)46(40,41)25-12-14-29(44-6)30(17-25)45-7/h9-17,20-21H,8,18-19H2,1-7H3,(H,35,39)/t20-,21-/m0/s1. The first-order valence-electron chi connectivity index (χ1n) is 14.3. The second-order valence-corrected chi connectivity index (χ2v) is 13.0. The zero-order valence-electron chi connectivity index (χ0n) is 26.8. The molecule has 0 unspecified atom stereocenters. The van der Waals surface area contributed by atoms with E-state index in [9.17, 15) is 18.0 Å². The fraction of sp³-hybridized carbons (Fsp3) is 0.375. The second kappa shape index (κ2) is 16.1. The Bertz CT molecular complexity index is 1650. The minimum absolute atomic E-state index is 0.0335. The molecule has 0 aliphatic carbocycles. The summed E-state index contributed by atoms with van der Waals surface area (Å²) >= 11 is 12.6. The smallest absolute Gasteiger partial charge is 0.265 e. The third kappa shape index (κ3) is 8.48. The van der Waals surface area contributed by atoms with Gasteiger partial charge < -0.3 is 29.2 Å². The number of halogens is 2. The predicted molar refractivity (Wildman–Crippen MR) is 178 cm³/mol. The van der Waals surface area contributed by atoms with E-state index in [0.29, 0.717) is 28.5 Å². The van der Waals surface area contributed by atoms with Crippen molar-refractivity contribution in [3.8, 4) is 23.0 Å². The van der Waals surface area contributed by atoms with Gasteiger partial charge in [0, 0.05) is 34.8 Å². The number of carbonyl (C=O) groups is 2. The van der Waals surface area contributed by atoms with Crippen LogP contribution in [-0.4, -0.2) is 72.2 Å². The highest BCUT2D eigenvalue weighted by molar-refractivity contribution is 7.92. The number of nitrogens with zero attached hydrogens (tertiary/aromatic N) is 2. The number of sulfonamides is 1. The van der Waals surface area contributed by atoms with Crippen LogP contribution in [0.25, 0.3) is 0 Å². The molecule has 0 fully saturated rings. The van der Waals surface area contributed by atoms with Crippen molar-refractivity contribution in [2.24, 2.45) is 0 Å². The molecular weight excluding hydrogens is 657 g/mol. The molecule has 2 amide bonds. The molecule has 0 aliphatic rings. The number of hydrogen-bond acceptors (Lipinski definition) is 8. The third-order valence-corrected chi connectivity index (χ3v) is 9.74. The van der Waals surface area contributed by atoms with Gasteiger partial charge in [0.25, 0.3) is 10.0 Å². The van der Waals surface area contributed by atoms with Crippen LogP contribution in [0.4, 0.5) is 5.69 Å². The number of methoxy groups -OCH3 is 4. The van der Waals surface area contributed by atoms with Crippen molar-refractivity contribution in [2.45, 2.75) is 50.7 Å². The van der Waals surface area contributed by atoms with Gasteiger partial charge in [-0.25, -0.2) is 8.42 Å². The monoisotopic (exact) mass is 695 g/mol. The van der Waals surface area contributed by atoms with E-state index in [1.165, 1.54) is 69.7 Å². The topological polar surface area (TPSA) is 124 Å². The Hall–Kier alpha value is -3.87. The summed E-state index contributed by atoms with van der Waals surface area (Å²) in [6.45, 7) is 4.51. The molecule has 0 aliphatic heterocycles. The lowest BCUT2D eigenvalue weighted by Gasteiger charge is -2.33. The first-order valence-corrected chi connectivity index (χ1v) is 16.5. The van der Waals surface area contributed by atoms with Gasteiger partial charge in [-0.1, -0.05) is 36.2 Å². The van der Waals surface area contributed by atoms with E-state index < -0.39 is 34.4 Å². The molecule has 0 bridgehead atoms. The first kappa shape index (κ1) is 36.6. The van der Waals surface area contributed by atoms with Crippen LogP contribution in [0.2, 0.25) is 10.0 Å². The summed E-state index contributed by atoms with van der Waals surface area (Å²) in [5.74, 6) is -0.140. The molecule has 0 radical (unpaired) electrons. The highest BCUT2D eigenvalue weighted by atomic mass is 35.5. The summed E-state index contributed by atoms with van der Waals surface area (Å²) in [6, 6.07) is 12.3. The van der Waals surface area contributed by atoms with E-state index in [-0.39, 0.29) is 39.7 Å². The lowest BCUT2D eigenvalue weighted by atomic mass is 10.1. The quantitative estimate of drug-likeness (QED) is 0.219. The summed E-state index contributed by atoms with van der Waals surface area (Å²) in [7, 11) is 1.14. The summed E-state index contributed by atoms with van der Waals surface area (Å²) in [6.07, 6.45) is 0.669. The molecule has 0 saturated heterocycles. The van der Waals surface area contributed by atoms with Gasteiger partial charge in [-0.05, 0) is 62.2 Å². The fourth-order valence-corrected chi connectivity index (χ4v) is 6.39. The summed E-state index contributed by atoms with van der Waals surface area (Å²) in [4.78, 5) is 28.7. The maximum absolute atomic E-state index is 14.4. The number of benzene rings is 3. The van der Waals surface area contributed by atoms with E-state index in [1.807, 2.05) is 13.8 Å². The highest BCUT2D eigenvalue weighted by Gasteiger charge is 2.35. The highest BCUT2D eigenvalue weighted by Crippen LogP contribution is 2.38. The van der Waals surface area contributed by atoms with Gasteiger partial charge in [-0.2, -0.15) is 0 Å². The SMILES string of the molecule is CC[C@H](C)NC(=O)[C@H](C)N(Cc1ccc(Cl)cc1Cl)C(=O)CN(c1cc(OC)ccc1OC)S(=O)(=O)c1ccc(OC)c(OC)c1. The Balaban J connectivity index is 2.19. The van der Waals surface area contributed by atoms with Crippen molar-refractivity contribution in [1.29, 1.82) is 0 Å². The molecule has 0 spiro atoms. The van der Waals surface area contributed by atoms with Crippen LogP contribution < -0.4 is 28.6 Å². The van der Waals surface area contributed by atoms with Crippen LogP contribution in [0.5, 0.6) is 23.0 Å². The zero-order chi connectivity index (χ0) is 34.2. The zero-order valence-corrected chi connectivity index (χ0v) is 29.1. The Morgan fingerprint density at radius 3 is 2.09 bits per heavy atom. The van der Waals surface area contributed by atoms with Gasteiger partial charge in [0.2, 0.25) is 11.8 Å². The van der Waals surface area contributed by atoms with E-state index in [1.54, 1.807) is 25.1 Å². The van der Waals surface area contributed by atoms with Crippen molar-refractivity contribution in [3.63, 3.8) is 0 Å². The van der Waals surface area contributed by atoms with Gasteiger partial charge in [-0.15, -0.1) is 0 Å². The van der Waals surface area contributed by atoms with Crippen LogP contribution in [0, 0.1) is 0 Å². The predicted octanol–water partition coefficient (Wildman–Crippen LogP) is 5.56. The van der Waals surface area contributed by atoms with Gasteiger partial charge >= 0.3 is 0 Å². The van der Waals surface area contributed by atoms with Gasteiger partial charge in [-0.3, -0.25) is 13.9 Å². The molecule has 250 valence electrons. The largest absolute Gasteiger partial charge is 0.497 e. The minimum Gasteiger partial charge on any atom is -0.497 e. The normalized spacial score (nSPS) is 12.5. The molecule has 2 atom stereocenters.